The smallest absolute Gasteiger partial charge is 0.346 e. The molecule has 1 atom stereocenters. The highest BCUT2D eigenvalue weighted by Gasteiger charge is 2.19. The Hall–Kier alpha value is -2.32. The summed E-state index contributed by atoms with van der Waals surface area (Å²) in [5, 5.41) is 0.147. The van der Waals surface area contributed by atoms with Crippen molar-refractivity contribution in [3.05, 3.63) is 45.9 Å². The van der Waals surface area contributed by atoms with Crippen LogP contribution in [0.15, 0.2) is 34.2 Å². The fraction of sp³-hybridized carbons (Fsp3) is 0.267. The van der Waals surface area contributed by atoms with Crippen LogP contribution in [-0.4, -0.2) is 29.8 Å². The van der Waals surface area contributed by atoms with Crippen molar-refractivity contribution in [1.82, 2.24) is 19.5 Å². The monoisotopic (exact) mass is 331 g/mol. The summed E-state index contributed by atoms with van der Waals surface area (Å²) in [6.07, 6.45) is 0. The molecule has 0 radical (unpaired) electrons. The number of rotatable bonds is 4. The van der Waals surface area contributed by atoms with E-state index in [1.165, 1.54) is 4.57 Å². The maximum atomic E-state index is 12.2. The zero-order valence-electron chi connectivity index (χ0n) is 12.9. The second-order valence-electron chi connectivity index (χ2n) is 5.23. The largest absolute Gasteiger partial charge is 0.609 e. The van der Waals surface area contributed by atoms with Gasteiger partial charge in [-0.25, -0.2) is 4.79 Å². The Kier molecular flexibility index (Phi) is 4.10. The highest BCUT2D eigenvalue weighted by molar-refractivity contribution is 7.91. The molecule has 0 amide bonds. The van der Waals surface area contributed by atoms with Crippen molar-refractivity contribution in [1.29, 1.82) is 0 Å². The third-order valence-electron chi connectivity index (χ3n) is 3.56. The Bertz CT molecular complexity index is 901. The molecule has 120 valence electrons. The lowest BCUT2D eigenvalue weighted by atomic mass is 10.1. The first-order valence-electron chi connectivity index (χ1n) is 7.19. The number of aryl methyl sites for hydroxylation is 1. The number of anilines is 1. The van der Waals surface area contributed by atoms with Crippen LogP contribution in [-0.2, 0) is 17.7 Å². The Morgan fingerprint density at radius 3 is 2.65 bits per heavy atom. The average Bonchev–Trinajstić information content (AvgIpc) is 2.85. The second-order valence-corrected chi connectivity index (χ2v) is 6.86. The molecule has 8 heteroatoms. The number of aromatic nitrogens is 4. The number of imidazole rings is 1. The van der Waals surface area contributed by atoms with E-state index in [0.29, 0.717) is 23.5 Å². The molecule has 0 saturated heterocycles. The SMILES string of the molecule is CC[S+]([O-])c1nc(N)c2[nH]c(=O)n(Cc3ccc(C)cc3)c2n1. The predicted octanol–water partition coefficient (Wildman–Crippen LogP) is 1.19. The van der Waals surface area contributed by atoms with Crippen molar-refractivity contribution >= 4 is 28.2 Å². The van der Waals surface area contributed by atoms with Crippen molar-refractivity contribution < 1.29 is 4.55 Å². The predicted molar refractivity (Wildman–Crippen MR) is 89.8 cm³/mol. The highest BCUT2D eigenvalue weighted by Crippen LogP contribution is 2.18. The van der Waals surface area contributed by atoms with Crippen LogP contribution in [0, 0.1) is 6.92 Å². The zero-order chi connectivity index (χ0) is 16.6. The van der Waals surface area contributed by atoms with Crippen molar-refractivity contribution in [3.8, 4) is 0 Å². The van der Waals surface area contributed by atoms with Gasteiger partial charge in [0.15, 0.2) is 11.5 Å². The van der Waals surface area contributed by atoms with Crippen molar-refractivity contribution in [2.75, 3.05) is 11.5 Å². The van der Waals surface area contributed by atoms with Gasteiger partial charge in [-0.15, -0.1) is 0 Å². The number of aromatic amines is 1. The molecule has 0 saturated carbocycles. The molecule has 3 N–H and O–H groups in total. The lowest BCUT2D eigenvalue weighted by Crippen LogP contribution is -2.18. The number of hydrogen-bond acceptors (Lipinski definition) is 5. The Labute approximate surface area is 135 Å². The number of nitrogens with one attached hydrogen (secondary N) is 1. The molecule has 0 fully saturated rings. The summed E-state index contributed by atoms with van der Waals surface area (Å²) in [7, 11) is 0. The van der Waals surface area contributed by atoms with Gasteiger partial charge in [-0.2, -0.15) is 9.97 Å². The summed E-state index contributed by atoms with van der Waals surface area (Å²) in [4.78, 5) is 23.2. The van der Waals surface area contributed by atoms with Crippen LogP contribution in [0.25, 0.3) is 11.2 Å². The number of nitrogens with zero attached hydrogens (tertiary/aromatic N) is 3. The Morgan fingerprint density at radius 2 is 2.00 bits per heavy atom. The molecule has 3 rings (SSSR count). The van der Waals surface area contributed by atoms with Crippen molar-refractivity contribution in [2.45, 2.75) is 25.5 Å². The molecule has 23 heavy (non-hydrogen) atoms. The minimum absolute atomic E-state index is 0.131. The first-order valence-corrected chi connectivity index (χ1v) is 8.51. The first kappa shape index (κ1) is 15.6. The van der Waals surface area contributed by atoms with Crippen LogP contribution in [0.2, 0.25) is 0 Å². The lowest BCUT2D eigenvalue weighted by Gasteiger charge is -2.08. The number of nitrogens with two attached hydrogens (primary N) is 1. The van der Waals surface area contributed by atoms with E-state index in [1.807, 2.05) is 31.2 Å². The van der Waals surface area contributed by atoms with E-state index in [-0.39, 0.29) is 16.7 Å². The van der Waals surface area contributed by atoms with Gasteiger partial charge in [-0.1, -0.05) is 29.8 Å². The molecule has 3 aromatic rings. The van der Waals surface area contributed by atoms with Gasteiger partial charge in [0.2, 0.25) is 0 Å². The molecule has 1 aromatic carbocycles. The van der Waals surface area contributed by atoms with E-state index in [0.717, 1.165) is 11.1 Å². The third kappa shape index (κ3) is 2.95. The molecule has 0 aliphatic heterocycles. The van der Waals surface area contributed by atoms with E-state index in [4.69, 9.17) is 5.73 Å². The number of hydrogen-bond donors (Lipinski definition) is 2. The molecule has 7 nitrogen and oxygen atoms in total. The molecule has 0 aliphatic rings. The summed E-state index contributed by atoms with van der Waals surface area (Å²) < 4.78 is 13.4. The molecular weight excluding hydrogens is 314 g/mol. The van der Waals surface area contributed by atoms with Gasteiger partial charge in [0.25, 0.3) is 0 Å². The van der Waals surface area contributed by atoms with Gasteiger partial charge in [0.05, 0.1) is 6.54 Å². The second kappa shape index (κ2) is 6.05. The van der Waals surface area contributed by atoms with Crippen molar-refractivity contribution in [3.63, 3.8) is 0 Å². The standard InChI is InChI=1S/C15H17N5O2S/c1-3-23(22)14-18-12(16)11-13(19-14)20(15(21)17-11)8-10-6-4-9(2)5-7-10/h4-7H,3,8H2,1-2H3,(H,17,21)(H2,16,18,19). The van der Waals surface area contributed by atoms with E-state index in [1.54, 1.807) is 6.92 Å². The number of H-pyrrole nitrogens is 1. The molecule has 2 aromatic heterocycles. The number of benzene rings is 1. The Morgan fingerprint density at radius 1 is 1.30 bits per heavy atom. The van der Waals surface area contributed by atoms with Gasteiger partial charge < -0.3 is 15.3 Å². The summed E-state index contributed by atoms with van der Waals surface area (Å²) in [6.45, 7) is 4.13. The number of fused-ring (bicyclic) bond motifs is 1. The summed E-state index contributed by atoms with van der Waals surface area (Å²) >= 11 is -1.34. The number of nitrogen functional groups attached to an aromatic ring is 1. The van der Waals surface area contributed by atoms with Crippen LogP contribution in [0.5, 0.6) is 0 Å². The maximum absolute atomic E-state index is 12.2. The van der Waals surface area contributed by atoms with Gasteiger partial charge >= 0.3 is 10.8 Å². The topological polar surface area (TPSA) is 113 Å². The molecule has 0 bridgehead atoms. The van der Waals surface area contributed by atoms with Gasteiger partial charge in [0, 0.05) is 11.2 Å². The summed E-state index contributed by atoms with van der Waals surface area (Å²) in [5.74, 6) is 0.518. The maximum Gasteiger partial charge on any atom is 0.346 e. The van der Waals surface area contributed by atoms with E-state index < -0.39 is 11.2 Å². The summed E-state index contributed by atoms with van der Waals surface area (Å²) in [6, 6.07) is 7.87. The first-order chi connectivity index (χ1) is 11.0. The van der Waals surface area contributed by atoms with Gasteiger partial charge in [0.1, 0.15) is 11.3 Å². The highest BCUT2D eigenvalue weighted by atomic mass is 32.2. The zero-order valence-corrected chi connectivity index (χ0v) is 13.7. The van der Waals surface area contributed by atoms with Gasteiger partial charge in [-0.05, 0) is 19.4 Å². The van der Waals surface area contributed by atoms with Crippen LogP contribution >= 0.6 is 0 Å². The quantitative estimate of drug-likeness (QED) is 0.551. The van der Waals surface area contributed by atoms with Crippen LogP contribution < -0.4 is 11.4 Å². The molecule has 1 unspecified atom stereocenters. The molecular formula is C15H17N5O2S. The lowest BCUT2D eigenvalue weighted by molar-refractivity contribution is 0.587. The van der Waals surface area contributed by atoms with E-state index in [2.05, 4.69) is 15.0 Å². The van der Waals surface area contributed by atoms with E-state index >= 15 is 0 Å². The van der Waals surface area contributed by atoms with Crippen LogP contribution in [0.3, 0.4) is 0 Å². The van der Waals surface area contributed by atoms with E-state index in [9.17, 15) is 9.35 Å². The van der Waals surface area contributed by atoms with Crippen LogP contribution in [0.4, 0.5) is 5.82 Å². The minimum Gasteiger partial charge on any atom is -0.609 e. The fourth-order valence-electron chi connectivity index (χ4n) is 2.28. The van der Waals surface area contributed by atoms with Crippen LogP contribution in [0.1, 0.15) is 18.1 Å². The summed E-state index contributed by atoms with van der Waals surface area (Å²) in [5.41, 5.74) is 8.42. The van der Waals surface area contributed by atoms with Gasteiger partial charge in [-0.3, -0.25) is 4.57 Å². The van der Waals surface area contributed by atoms with Crippen molar-refractivity contribution in [2.24, 2.45) is 0 Å². The molecule has 0 aliphatic carbocycles. The normalized spacial score (nSPS) is 12.7. The molecule has 2 heterocycles. The third-order valence-corrected chi connectivity index (χ3v) is 4.67. The average molecular weight is 331 g/mol. The molecule has 0 spiro atoms. The minimum atomic E-state index is -1.34. The Balaban J connectivity index is 2.12. The fourth-order valence-corrected chi connectivity index (χ4v) is 2.93.